The van der Waals surface area contributed by atoms with E-state index in [2.05, 4.69) is 10.6 Å². The number of nitrogens with zero attached hydrogens (tertiary/aromatic N) is 1. The van der Waals surface area contributed by atoms with Gasteiger partial charge in [-0.3, -0.25) is 14.5 Å². The van der Waals surface area contributed by atoms with Crippen molar-refractivity contribution in [2.24, 2.45) is 0 Å². The van der Waals surface area contributed by atoms with Gasteiger partial charge in [-0.25, -0.2) is 4.79 Å². The minimum atomic E-state index is -0.380. The Labute approximate surface area is 97.6 Å². The quantitative estimate of drug-likeness (QED) is 0.699. The number of imide groups is 1. The van der Waals surface area contributed by atoms with Crippen LogP contribution in [0.1, 0.15) is 20.7 Å². The monoisotopic (exact) mass is 233 g/mol. The smallest absolute Gasteiger partial charge is 0.318 e. The number of hydrogen-bond donors (Lipinski definition) is 2. The van der Waals surface area contributed by atoms with Crippen LogP contribution in [0.15, 0.2) is 18.2 Å². The summed E-state index contributed by atoms with van der Waals surface area (Å²) in [6.45, 7) is 0. The fraction of sp³-hybridized carbons (Fsp3) is 0.182. The Morgan fingerprint density at radius 3 is 2.47 bits per heavy atom. The Hall–Kier alpha value is -2.37. The molecule has 1 aliphatic heterocycles. The van der Waals surface area contributed by atoms with Crippen LogP contribution in [0, 0.1) is 0 Å². The standard InChI is InChI=1S/C11H11N3O3/c1-12-11(17)13-6-3-4-7-8(5-6)10(16)14(2)9(7)15/h3-5H,1-2H3,(H2,12,13,17). The van der Waals surface area contributed by atoms with Crippen LogP contribution in [-0.2, 0) is 0 Å². The van der Waals surface area contributed by atoms with Crippen molar-refractivity contribution >= 4 is 23.5 Å². The summed E-state index contributed by atoms with van der Waals surface area (Å²) in [6, 6.07) is 4.23. The van der Waals surface area contributed by atoms with E-state index in [-0.39, 0.29) is 17.8 Å². The number of hydrogen-bond acceptors (Lipinski definition) is 3. The molecule has 17 heavy (non-hydrogen) atoms. The molecule has 0 saturated heterocycles. The van der Waals surface area contributed by atoms with Crippen molar-refractivity contribution in [1.29, 1.82) is 0 Å². The summed E-state index contributed by atoms with van der Waals surface area (Å²) in [5.41, 5.74) is 1.14. The van der Waals surface area contributed by atoms with E-state index in [9.17, 15) is 14.4 Å². The lowest BCUT2D eigenvalue weighted by atomic mass is 10.1. The summed E-state index contributed by atoms with van der Waals surface area (Å²) in [4.78, 5) is 35.5. The van der Waals surface area contributed by atoms with Gasteiger partial charge in [0.25, 0.3) is 11.8 Å². The van der Waals surface area contributed by atoms with Gasteiger partial charge in [-0.2, -0.15) is 0 Å². The molecule has 1 heterocycles. The topological polar surface area (TPSA) is 78.5 Å². The van der Waals surface area contributed by atoms with E-state index < -0.39 is 0 Å². The highest BCUT2D eigenvalue weighted by Crippen LogP contribution is 2.24. The normalized spacial score (nSPS) is 13.6. The van der Waals surface area contributed by atoms with Crippen LogP contribution in [0.5, 0.6) is 0 Å². The first-order chi connectivity index (χ1) is 8.04. The number of benzene rings is 1. The lowest BCUT2D eigenvalue weighted by Gasteiger charge is -2.04. The zero-order chi connectivity index (χ0) is 12.6. The van der Waals surface area contributed by atoms with Crippen molar-refractivity contribution < 1.29 is 14.4 Å². The Morgan fingerprint density at radius 1 is 1.18 bits per heavy atom. The predicted molar refractivity (Wildman–Crippen MR) is 60.9 cm³/mol. The molecular formula is C11H11N3O3. The van der Waals surface area contributed by atoms with Crippen LogP contribution in [0.3, 0.4) is 0 Å². The molecule has 2 rings (SSSR count). The highest BCUT2D eigenvalue weighted by molar-refractivity contribution is 6.21. The third kappa shape index (κ3) is 1.73. The molecule has 0 atom stereocenters. The van der Waals surface area contributed by atoms with Crippen molar-refractivity contribution in [2.75, 3.05) is 19.4 Å². The van der Waals surface area contributed by atoms with Crippen molar-refractivity contribution in [3.05, 3.63) is 29.3 Å². The number of nitrogens with one attached hydrogen (secondary N) is 2. The van der Waals surface area contributed by atoms with Crippen molar-refractivity contribution in [1.82, 2.24) is 10.2 Å². The fourth-order valence-corrected chi connectivity index (χ4v) is 1.63. The first-order valence-corrected chi connectivity index (χ1v) is 4.99. The summed E-state index contributed by atoms with van der Waals surface area (Å²) >= 11 is 0. The molecule has 0 spiro atoms. The SMILES string of the molecule is CNC(=O)Nc1ccc2c(c1)C(=O)N(C)C2=O. The van der Waals surface area contributed by atoms with Gasteiger partial charge in [0.1, 0.15) is 0 Å². The molecule has 6 nitrogen and oxygen atoms in total. The second kappa shape index (κ2) is 3.89. The maximum Gasteiger partial charge on any atom is 0.318 e. The van der Waals surface area contributed by atoms with Gasteiger partial charge in [-0.05, 0) is 18.2 Å². The van der Waals surface area contributed by atoms with Crippen molar-refractivity contribution in [3.63, 3.8) is 0 Å². The minimum absolute atomic E-state index is 0.311. The molecular weight excluding hydrogens is 222 g/mol. The number of anilines is 1. The molecule has 4 amide bonds. The summed E-state index contributed by atoms with van der Waals surface area (Å²) in [6.07, 6.45) is 0. The van der Waals surface area contributed by atoms with Gasteiger partial charge < -0.3 is 10.6 Å². The number of amides is 4. The molecule has 0 bridgehead atoms. The average Bonchev–Trinajstić information content (AvgIpc) is 2.54. The Morgan fingerprint density at radius 2 is 1.82 bits per heavy atom. The zero-order valence-corrected chi connectivity index (χ0v) is 9.40. The van der Waals surface area contributed by atoms with Gasteiger partial charge in [-0.15, -0.1) is 0 Å². The minimum Gasteiger partial charge on any atom is -0.341 e. The third-order valence-electron chi connectivity index (χ3n) is 2.57. The molecule has 0 unspecified atom stereocenters. The highest BCUT2D eigenvalue weighted by atomic mass is 16.2. The van der Waals surface area contributed by atoms with E-state index in [4.69, 9.17) is 0 Å². The van der Waals surface area contributed by atoms with Crippen LogP contribution in [-0.4, -0.2) is 36.8 Å². The Kier molecular flexibility index (Phi) is 2.55. The summed E-state index contributed by atoms with van der Waals surface area (Å²) < 4.78 is 0. The third-order valence-corrected chi connectivity index (χ3v) is 2.57. The van der Waals surface area contributed by atoms with Gasteiger partial charge in [0, 0.05) is 19.8 Å². The highest BCUT2D eigenvalue weighted by Gasteiger charge is 2.32. The molecule has 6 heteroatoms. The molecule has 1 aromatic carbocycles. The Bertz CT molecular complexity index is 525. The molecule has 88 valence electrons. The van der Waals surface area contributed by atoms with Gasteiger partial charge in [0.2, 0.25) is 0 Å². The summed E-state index contributed by atoms with van der Waals surface area (Å²) in [7, 11) is 2.92. The van der Waals surface area contributed by atoms with E-state index in [1.807, 2.05) is 0 Å². The molecule has 2 N–H and O–H groups in total. The first-order valence-electron chi connectivity index (χ1n) is 4.99. The van der Waals surface area contributed by atoms with E-state index >= 15 is 0 Å². The number of carbonyl (C=O) groups is 3. The van der Waals surface area contributed by atoms with Gasteiger partial charge in [-0.1, -0.05) is 0 Å². The first kappa shape index (κ1) is 11.1. The molecule has 1 aromatic rings. The molecule has 0 aliphatic carbocycles. The van der Waals surface area contributed by atoms with Crippen LogP contribution in [0.4, 0.5) is 10.5 Å². The largest absolute Gasteiger partial charge is 0.341 e. The summed E-state index contributed by atoms with van der Waals surface area (Å²) in [5, 5.41) is 4.94. The second-order valence-electron chi connectivity index (χ2n) is 3.63. The van der Waals surface area contributed by atoms with Gasteiger partial charge >= 0.3 is 6.03 Å². The maximum atomic E-state index is 11.7. The van der Waals surface area contributed by atoms with Gasteiger partial charge in [0.05, 0.1) is 11.1 Å². The zero-order valence-electron chi connectivity index (χ0n) is 9.40. The lowest BCUT2D eigenvalue weighted by molar-refractivity contribution is 0.0693. The number of urea groups is 1. The molecule has 0 radical (unpaired) electrons. The van der Waals surface area contributed by atoms with Crippen LogP contribution >= 0.6 is 0 Å². The summed E-state index contributed by atoms with van der Waals surface area (Å²) in [5.74, 6) is -0.679. The van der Waals surface area contributed by atoms with Gasteiger partial charge in [0.15, 0.2) is 0 Å². The molecule has 0 fully saturated rings. The molecule has 0 aromatic heterocycles. The van der Waals surface area contributed by atoms with E-state index in [0.29, 0.717) is 16.8 Å². The molecule has 0 saturated carbocycles. The lowest BCUT2D eigenvalue weighted by Crippen LogP contribution is -2.24. The second-order valence-corrected chi connectivity index (χ2v) is 3.63. The fourth-order valence-electron chi connectivity index (χ4n) is 1.63. The molecule has 1 aliphatic rings. The van der Waals surface area contributed by atoms with E-state index in [1.54, 1.807) is 6.07 Å². The predicted octanol–water partition coefficient (Wildman–Crippen LogP) is 0.664. The van der Waals surface area contributed by atoms with Crippen LogP contribution in [0.2, 0.25) is 0 Å². The number of rotatable bonds is 1. The van der Waals surface area contributed by atoms with Crippen molar-refractivity contribution in [3.8, 4) is 0 Å². The number of carbonyl (C=O) groups excluding carboxylic acids is 3. The maximum absolute atomic E-state index is 11.7. The average molecular weight is 233 g/mol. The van der Waals surface area contributed by atoms with E-state index in [0.717, 1.165) is 4.90 Å². The van der Waals surface area contributed by atoms with Crippen LogP contribution in [0.25, 0.3) is 0 Å². The Balaban J connectivity index is 2.36. The van der Waals surface area contributed by atoms with Crippen LogP contribution < -0.4 is 10.6 Å². The van der Waals surface area contributed by atoms with E-state index in [1.165, 1.54) is 26.2 Å². The van der Waals surface area contributed by atoms with Crippen molar-refractivity contribution in [2.45, 2.75) is 0 Å². The number of fused-ring (bicyclic) bond motifs is 1.